The van der Waals surface area contributed by atoms with Crippen LogP contribution in [0.25, 0.3) is 10.9 Å². The van der Waals surface area contributed by atoms with E-state index in [0.717, 1.165) is 25.8 Å². The smallest absolute Gasteiger partial charge is 0.261 e. The van der Waals surface area contributed by atoms with Gasteiger partial charge in [-0.3, -0.25) is 19.0 Å². The van der Waals surface area contributed by atoms with Gasteiger partial charge in [-0.2, -0.15) is 0 Å². The van der Waals surface area contributed by atoms with E-state index >= 15 is 0 Å². The Morgan fingerprint density at radius 3 is 2.85 bits per heavy atom. The van der Waals surface area contributed by atoms with Crippen molar-refractivity contribution in [1.82, 2.24) is 19.4 Å². The van der Waals surface area contributed by atoms with Crippen LogP contribution in [0.1, 0.15) is 25.7 Å². The molecule has 4 rings (SSSR count). The molecule has 142 valence electrons. The summed E-state index contributed by atoms with van der Waals surface area (Å²) in [5, 5.41) is 0.559. The van der Waals surface area contributed by atoms with Gasteiger partial charge < -0.3 is 9.80 Å². The Morgan fingerprint density at radius 2 is 2.00 bits per heavy atom. The number of aromatic nitrogens is 2. The van der Waals surface area contributed by atoms with E-state index in [1.165, 1.54) is 10.9 Å². The lowest BCUT2D eigenvalue weighted by atomic mass is 9.78. The molecule has 1 aromatic carbocycles. The lowest BCUT2D eigenvalue weighted by Gasteiger charge is -2.37. The maximum Gasteiger partial charge on any atom is 0.261 e. The second kappa shape index (κ2) is 6.79. The number of benzene rings is 1. The van der Waals surface area contributed by atoms with Crippen LogP contribution in [0.2, 0.25) is 0 Å². The molecule has 7 nitrogen and oxygen atoms in total. The van der Waals surface area contributed by atoms with Crippen molar-refractivity contribution in [2.24, 2.45) is 5.41 Å². The van der Waals surface area contributed by atoms with Crippen molar-refractivity contribution in [3.8, 4) is 0 Å². The Hall–Kier alpha value is -2.70. The summed E-state index contributed by atoms with van der Waals surface area (Å²) in [5.74, 6) is 0.159. The summed E-state index contributed by atoms with van der Waals surface area (Å²) in [5.41, 5.74) is 0.131. The standard InChI is InChI=1S/C20H24N4O3/c1-22-10-4-8-20(19(22)27)9-12-23(13-20)17(25)7-11-24-14-21-16-6-3-2-5-15(16)18(24)26/h2-3,5-6,14H,4,7-13H2,1H3/t20-/m1/s1. The molecule has 0 N–H and O–H groups in total. The molecular formula is C20H24N4O3. The second-order valence-corrected chi connectivity index (χ2v) is 7.69. The first-order valence-electron chi connectivity index (χ1n) is 9.48. The molecule has 2 aliphatic heterocycles. The first-order valence-corrected chi connectivity index (χ1v) is 9.48. The quantitative estimate of drug-likeness (QED) is 0.817. The molecule has 1 spiro atoms. The lowest BCUT2D eigenvalue weighted by Crippen LogP contribution is -2.48. The molecule has 2 aromatic rings. The van der Waals surface area contributed by atoms with Crippen LogP contribution < -0.4 is 5.56 Å². The Kier molecular flexibility index (Phi) is 4.45. The normalized spacial score (nSPS) is 22.8. The van der Waals surface area contributed by atoms with Crippen molar-refractivity contribution in [3.05, 3.63) is 40.9 Å². The highest BCUT2D eigenvalue weighted by molar-refractivity contribution is 5.86. The molecule has 2 amide bonds. The summed E-state index contributed by atoms with van der Waals surface area (Å²) in [7, 11) is 1.84. The summed E-state index contributed by atoms with van der Waals surface area (Å²) < 4.78 is 1.49. The van der Waals surface area contributed by atoms with E-state index in [-0.39, 0.29) is 23.8 Å². The highest BCUT2D eigenvalue weighted by Crippen LogP contribution is 2.39. The number of likely N-dealkylation sites (tertiary alicyclic amines) is 2. The fourth-order valence-electron chi connectivity index (χ4n) is 4.37. The van der Waals surface area contributed by atoms with Crippen molar-refractivity contribution >= 4 is 22.7 Å². The summed E-state index contributed by atoms with van der Waals surface area (Å²) in [4.78, 5) is 45.7. The van der Waals surface area contributed by atoms with Crippen molar-refractivity contribution in [2.75, 3.05) is 26.7 Å². The van der Waals surface area contributed by atoms with Gasteiger partial charge in [0.2, 0.25) is 11.8 Å². The van der Waals surface area contributed by atoms with Crippen LogP contribution in [0.15, 0.2) is 35.4 Å². The van der Waals surface area contributed by atoms with E-state index in [1.54, 1.807) is 21.9 Å². The van der Waals surface area contributed by atoms with Crippen molar-refractivity contribution < 1.29 is 9.59 Å². The van der Waals surface area contributed by atoms with E-state index in [4.69, 9.17) is 0 Å². The predicted octanol–water partition coefficient (Wildman–Crippen LogP) is 1.26. The number of nitrogens with zero attached hydrogens (tertiary/aromatic N) is 4. The van der Waals surface area contributed by atoms with Crippen molar-refractivity contribution in [2.45, 2.75) is 32.2 Å². The summed E-state index contributed by atoms with van der Waals surface area (Å²) in [6, 6.07) is 7.20. The van der Waals surface area contributed by atoms with Gasteiger partial charge in [-0.05, 0) is 31.4 Å². The maximum absolute atomic E-state index is 12.7. The van der Waals surface area contributed by atoms with Gasteiger partial charge in [-0.25, -0.2) is 4.98 Å². The number of hydrogen-bond donors (Lipinski definition) is 0. The van der Waals surface area contributed by atoms with E-state index in [1.807, 2.05) is 19.2 Å². The van der Waals surface area contributed by atoms with Gasteiger partial charge in [0.1, 0.15) is 0 Å². The van der Waals surface area contributed by atoms with Crippen LogP contribution >= 0.6 is 0 Å². The van der Waals surface area contributed by atoms with Crippen LogP contribution in [0.4, 0.5) is 0 Å². The van der Waals surface area contributed by atoms with Crippen LogP contribution in [-0.4, -0.2) is 57.8 Å². The molecule has 27 heavy (non-hydrogen) atoms. The number of carbonyl (C=O) groups is 2. The average Bonchev–Trinajstić information content (AvgIpc) is 3.11. The van der Waals surface area contributed by atoms with Gasteiger partial charge in [0.25, 0.3) is 5.56 Å². The number of carbonyl (C=O) groups excluding carboxylic acids is 2. The molecule has 0 radical (unpaired) electrons. The second-order valence-electron chi connectivity index (χ2n) is 7.69. The summed E-state index contributed by atoms with van der Waals surface area (Å²) >= 11 is 0. The molecule has 1 aromatic heterocycles. The lowest BCUT2D eigenvalue weighted by molar-refractivity contribution is -0.144. The molecule has 3 heterocycles. The molecule has 2 saturated heterocycles. The van der Waals surface area contributed by atoms with Gasteiger partial charge >= 0.3 is 0 Å². The zero-order valence-electron chi connectivity index (χ0n) is 15.6. The molecule has 7 heteroatoms. The van der Waals surface area contributed by atoms with Gasteiger partial charge in [0, 0.05) is 39.6 Å². The molecule has 2 aliphatic rings. The molecule has 0 unspecified atom stereocenters. The monoisotopic (exact) mass is 368 g/mol. The third-order valence-electron chi connectivity index (χ3n) is 5.95. The number of piperidine rings is 1. The van der Waals surface area contributed by atoms with E-state index in [2.05, 4.69) is 4.98 Å². The van der Waals surface area contributed by atoms with Crippen LogP contribution in [-0.2, 0) is 16.1 Å². The van der Waals surface area contributed by atoms with E-state index in [0.29, 0.717) is 30.5 Å². The minimum absolute atomic E-state index is 0.00652. The molecule has 0 aliphatic carbocycles. The summed E-state index contributed by atoms with van der Waals surface area (Å²) in [6.07, 6.45) is 4.32. The van der Waals surface area contributed by atoms with Crippen molar-refractivity contribution in [1.29, 1.82) is 0 Å². The van der Waals surface area contributed by atoms with Crippen LogP contribution in [0.5, 0.6) is 0 Å². The number of amides is 2. The topological polar surface area (TPSA) is 75.5 Å². The Morgan fingerprint density at radius 1 is 1.19 bits per heavy atom. The van der Waals surface area contributed by atoms with Crippen LogP contribution in [0.3, 0.4) is 0 Å². The minimum atomic E-state index is -0.399. The SMILES string of the molecule is CN1CCC[C@]2(CCN(C(=O)CCn3cnc4ccccc4c3=O)C2)C1=O. The third-order valence-corrected chi connectivity index (χ3v) is 5.95. The van der Waals surface area contributed by atoms with Gasteiger partial charge in [0.15, 0.2) is 0 Å². The zero-order chi connectivity index (χ0) is 19.0. The third kappa shape index (κ3) is 3.11. The van der Waals surface area contributed by atoms with Gasteiger partial charge in [-0.15, -0.1) is 0 Å². The predicted molar refractivity (Wildman–Crippen MR) is 101 cm³/mol. The maximum atomic E-state index is 12.7. The molecule has 0 bridgehead atoms. The largest absolute Gasteiger partial charge is 0.345 e. The number of hydrogen-bond acceptors (Lipinski definition) is 4. The number of para-hydroxylation sites is 1. The van der Waals surface area contributed by atoms with Gasteiger partial charge in [0.05, 0.1) is 22.6 Å². The Bertz CT molecular complexity index is 954. The van der Waals surface area contributed by atoms with E-state index < -0.39 is 5.41 Å². The first kappa shape index (κ1) is 17.7. The molecule has 1 atom stereocenters. The van der Waals surface area contributed by atoms with Crippen molar-refractivity contribution in [3.63, 3.8) is 0 Å². The first-order chi connectivity index (χ1) is 13.0. The number of aryl methyl sites for hydroxylation is 1. The van der Waals surface area contributed by atoms with Crippen LogP contribution in [0, 0.1) is 5.41 Å². The Labute approximate surface area is 157 Å². The summed E-state index contributed by atoms with van der Waals surface area (Å²) in [6.45, 7) is 2.21. The minimum Gasteiger partial charge on any atom is -0.345 e. The highest BCUT2D eigenvalue weighted by atomic mass is 16.2. The van der Waals surface area contributed by atoms with Gasteiger partial charge in [-0.1, -0.05) is 12.1 Å². The van der Waals surface area contributed by atoms with E-state index in [9.17, 15) is 14.4 Å². The fraction of sp³-hybridized carbons (Fsp3) is 0.500. The average molecular weight is 368 g/mol. The molecule has 0 saturated carbocycles. The molecule has 2 fully saturated rings. The Balaban J connectivity index is 1.43. The molecular weight excluding hydrogens is 344 g/mol. The zero-order valence-corrected chi connectivity index (χ0v) is 15.6. The fourth-order valence-corrected chi connectivity index (χ4v) is 4.37. The highest BCUT2D eigenvalue weighted by Gasteiger charge is 2.48. The number of fused-ring (bicyclic) bond motifs is 1. The number of rotatable bonds is 3.